The number of carbonyl (C=O) groups is 1. The molecule has 0 radical (unpaired) electrons. The van der Waals surface area contributed by atoms with Gasteiger partial charge >= 0.3 is 6.09 Å². The number of aliphatic hydroxyl groups excluding tert-OH is 1. The van der Waals surface area contributed by atoms with E-state index in [-0.39, 0.29) is 12.0 Å². The molecule has 1 aliphatic rings. The number of hydrogen-bond acceptors (Lipinski definition) is 4. The molecule has 2 N–H and O–H groups in total. The molecule has 1 fully saturated rings. The number of ether oxygens (including phenoxy) is 1. The lowest BCUT2D eigenvalue weighted by molar-refractivity contribution is -0.0439. The number of benzene rings is 2. The molecule has 0 heterocycles. The molecule has 3 rings (SSSR count). The molecule has 5 heteroatoms. The zero-order chi connectivity index (χ0) is 21.6. The van der Waals surface area contributed by atoms with E-state index in [1.165, 1.54) is 11.1 Å². The summed E-state index contributed by atoms with van der Waals surface area (Å²) in [5, 5.41) is 12.9. The number of nitrogens with one attached hydrogen (secondary N) is 1. The van der Waals surface area contributed by atoms with Crippen LogP contribution < -0.4 is 5.32 Å². The second-order valence-corrected chi connectivity index (χ2v) is 9.45. The molecule has 0 saturated heterocycles. The van der Waals surface area contributed by atoms with E-state index in [1.807, 2.05) is 32.9 Å². The van der Waals surface area contributed by atoms with E-state index in [1.54, 1.807) is 0 Å². The lowest BCUT2D eigenvalue weighted by Gasteiger charge is -2.51. The third kappa shape index (κ3) is 6.31. The predicted molar refractivity (Wildman–Crippen MR) is 119 cm³/mol. The summed E-state index contributed by atoms with van der Waals surface area (Å²) < 4.78 is 5.34. The third-order valence-corrected chi connectivity index (χ3v) is 5.65. The molecule has 0 atom stereocenters. The van der Waals surface area contributed by atoms with Crippen molar-refractivity contribution in [3.05, 3.63) is 71.8 Å². The Labute approximate surface area is 180 Å². The van der Waals surface area contributed by atoms with Crippen molar-refractivity contribution in [2.24, 2.45) is 5.41 Å². The highest BCUT2D eigenvalue weighted by molar-refractivity contribution is 5.67. The molecule has 0 bridgehead atoms. The van der Waals surface area contributed by atoms with Gasteiger partial charge in [0.1, 0.15) is 5.60 Å². The van der Waals surface area contributed by atoms with Crippen molar-refractivity contribution in [1.82, 2.24) is 10.2 Å². The fourth-order valence-electron chi connectivity index (χ4n) is 4.05. The molecule has 0 aliphatic heterocycles. The standard InChI is InChI=1S/C25H34N2O3/c1-24(2,3)30-23(29)26-18-25(19-28)14-22(15-25)27(16-20-10-6-4-7-11-20)17-21-12-8-5-9-13-21/h4-13,22,28H,14-19H2,1-3H3,(H,26,29)/t22-,25-. The Balaban J connectivity index is 1.62. The SMILES string of the molecule is CC(C)(C)OC(=O)NC[C@]1(CO)C[C@H](N(Cc2ccccc2)Cc2ccccc2)C1. The van der Waals surface area contributed by atoms with E-state index in [4.69, 9.17) is 4.74 Å². The normalized spacial score (nSPS) is 21.2. The quantitative estimate of drug-likeness (QED) is 0.679. The molecule has 0 aromatic heterocycles. The number of aliphatic hydroxyl groups is 1. The van der Waals surface area contributed by atoms with Crippen LogP contribution in [0.4, 0.5) is 4.79 Å². The monoisotopic (exact) mass is 410 g/mol. The average molecular weight is 411 g/mol. The van der Waals surface area contributed by atoms with Crippen molar-refractivity contribution in [1.29, 1.82) is 0 Å². The van der Waals surface area contributed by atoms with Gasteiger partial charge in [0, 0.05) is 31.1 Å². The van der Waals surface area contributed by atoms with E-state index in [0.717, 1.165) is 25.9 Å². The van der Waals surface area contributed by atoms with Crippen LogP contribution in [-0.2, 0) is 17.8 Å². The maximum Gasteiger partial charge on any atom is 0.407 e. The molecule has 0 spiro atoms. The highest BCUT2D eigenvalue weighted by Crippen LogP contribution is 2.44. The first-order valence-corrected chi connectivity index (χ1v) is 10.7. The average Bonchev–Trinajstić information content (AvgIpc) is 2.67. The van der Waals surface area contributed by atoms with Crippen LogP contribution in [-0.4, -0.2) is 40.9 Å². The lowest BCUT2D eigenvalue weighted by Crippen LogP contribution is -2.56. The first kappa shape index (κ1) is 22.3. The third-order valence-electron chi connectivity index (χ3n) is 5.65. The smallest absolute Gasteiger partial charge is 0.407 e. The van der Waals surface area contributed by atoms with Gasteiger partial charge in [0.15, 0.2) is 0 Å². The van der Waals surface area contributed by atoms with Gasteiger partial charge in [-0.25, -0.2) is 4.79 Å². The Hall–Kier alpha value is -2.37. The summed E-state index contributed by atoms with van der Waals surface area (Å²) in [7, 11) is 0. The van der Waals surface area contributed by atoms with Gasteiger partial charge < -0.3 is 15.2 Å². The summed E-state index contributed by atoms with van der Waals surface area (Å²) in [6, 6.07) is 21.3. The molecule has 30 heavy (non-hydrogen) atoms. The fraction of sp³-hybridized carbons (Fsp3) is 0.480. The predicted octanol–water partition coefficient (Wildman–Crippen LogP) is 4.35. The minimum atomic E-state index is -0.527. The van der Waals surface area contributed by atoms with Crippen molar-refractivity contribution < 1.29 is 14.6 Å². The van der Waals surface area contributed by atoms with Gasteiger partial charge in [0.05, 0.1) is 6.61 Å². The molecular formula is C25H34N2O3. The minimum Gasteiger partial charge on any atom is -0.444 e. The minimum absolute atomic E-state index is 0.0593. The van der Waals surface area contributed by atoms with Crippen LogP contribution in [0.25, 0.3) is 0 Å². The molecule has 2 aromatic rings. The van der Waals surface area contributed by atoms with Crippen LogP contribution in [0, 0.1) is 5.41 Å². The van der Waals surface area contributed by atoms with Gasteiger partial charge in [-0.3, -0.25) is 4.90 Å². The summed E-state index contributed by atoms with van der Waals surface area (Å²) in [6.07, 6.45) is 1.27. The topological polar surface area (TPSA) is 61.8 Å². The number of carbonyl (C=O) groups excluding carboxylic acids is 1. The van der Waals surface area contributed by atoms with Gasteiger partial charge in [0.25, 0.3) is 0 Å². The van der Waals surface area contributed by atoms with E-state index < -0.39 is 11.7 Å². The van der Waals surface area contributed by atoms with Crippen LogP contribution in [0.15, 0.2) is 60.7 Å². The Kier molecular flexibility index (Phi) is 7.16. The van der Waals surface area contributed by atoms with Gasteiger partial charge in [0.2, 0.25) is 0 Å². The Bertz CT molecular complexity index is 755. The van der Waals surface area contributed by atoms with Crippen LogP contribution >= 0.6 is 0 Å². The fourth-order valence-corrected chi connectivity index (χ4v) is 4.05. The summed E-state index contributed by atoms with van der Waals surface area (Å²) >= 11 is 0. The maximum atomic E-state index is 12.0. The number of nitrogens with zero attached hydrogens (tertiary/aromatic N) is 1. The van der Waals surface area contributed by atoms with E-state index in [2.05, 4.69) is 58.7 Å². The largest absolute Gasteiger partial charge is 0.444 e. The van der Waals surface area contributed by atoms with Gasteiger partial charge in [-0.05, 0) is 44.7 Å². The van der Waals surface area contributed by atoms with Gasteiger partial charge in [-0.1, -0.05) is 60.7 Å². The van der Waals surface area contributed by atoms with E-state index >= 15 is 0 Å². The molecule has 0 unspecified atom stereocenters. The molecule has 1 saturated carbocycles. The molecule has 1 aliphatic carbocycles. The van der Waals surface area contributed by atoms with Gasteiger partial charge in [-0.2, -0.15) is 0 Å². The summed E-state index contributed by atoms with van der Waals surface area (Å²) in [5.41, 5.74) is 1.75. The lowest BCUT2D eigenvalue weighted by atomic mass is 9.65. The van der Waals surface area contributed by atoms with E-state index in [9.17, 15) is 9.90 Å². The first-order valence-electron chi connectivity index (χ1n) is 10.7. The molecule has 2 aromatic carbocycles. The summed E-state index contributed by atoms with van der Waals surface area (Å²) in [5.74, 6) is 0. The second-order valence-electron chi connectivity index (χ2n) is 9.45. The zero-order valence-electron chi connectivity index (χ0n) is 18.3. The van der Waals surface area contributed by atoms with Crippen LogP contribution in [0.2, 0.25) is 0 Å². The Morgan fingerprint density at radius 3 is 1.97 bits per heavy atom. The number of hydrogen-bond donors (Lipinski definition) is 2. The van der Waals surface area contributed by atoms with Crippen molar-refractivity contribution in [3.63, 3.8) is 0 Å². The number of rotatable bonds is 8. The molecular weight excluding hydrogens is 376 g/mol. The summed E-state index contributed by atoms with van der Waals surface area (Å²) in [4.78, 5) is 14.5. The zero-order valence-corrected chi connectivity index (χ0v) is 18.3. The number of alkyl carbamates (subject to hydrolysis) is 1. The first-order chi connectivity index (χ1) is 14.3. The Morgan fingerprint density at radius 1 is 1.03 bits per heavy atom. The highest BCUT2D eigenvalue weighted by atomic mass is 16.6. The molecule has 1 amide bonds. The van der Waals surface area contributed by atoms with Crippen LogP contribution in [0.3, 0.4) is 0 Å². The molecule has 162 valence electrons. The maximum absolute atomic E-state index is 12.0. The van der Waals surface area contributed by atoms with Gasteiger partial charge in [-0.15, -0.1) is 0 Å². The van der Waals surface area contributed by atoms with Crippen molar-refractivity contribution >= 4 is 6.09 Å². The van der Waals surface area contributed by atoms with Crippen molar-refractivity contribution in [3.8, 4) is 0 Å². The number of amides is 1. The Morgan fingerprint density at radius 2 is 1.53 bits per heavy atom. The van der Waals surface area contributed by atoms with Crippen molar-refractivity contribution in [2.75, 3.05) is 13.2 Å². The molecule has 5 nitrogen and oxygen atoms in total. The second kappa shape index (κ2) is 9.63. The van der Waals surface area contributed by atoms with E-state index in [0.29, 0.717) is 12.6 Å². The highest BCUT2D eigenvalue weighted by Gasteiger charge is 2.46. The van der Waals surface area contributed by atoms with Crippen LogP contribution in [0.5, 0.6) is 0 Å². The van der Waals surface area contributed by atoms with Crippen molar-refractivity contribution in [2.45, 2.75) is 58.3 Å². The van der Waals surface area contributed by atoms with Crippen LogP contribution in [0.1, 0.15) is 44.7 Å². The summed E-state index contributed by atoms with van der Waals surface area (Å²) in [6.45, 7) is 7.75.